The van der Waals surface area contributed by atoms with E-state index >= 15 is 0 Å². The molecule has 6 heteroatoms. The van der Waals surface area contributed by atoms with Crippen molar-refractivity contribution >= 4 is 27.6 Å². The van der Waals surface area contributed by atoms with Gasteiger partial charge >= 0.3 is 6.03 Å². The number of aliphatic hydroxyl groups is 1. The second-order valence-corrected chi connectivity index (χ2v) is 5.86. The molecule has 0 aliphatic carbocycles. The Morgan fingerprint density at radius 1 is 1.50 bits per heavy atom. The minimum atomic E-state index is -0.602. The lowest BCUT2D eigenvalue weighted by atomic mass is 10.00. The third kappa shape index (κ3) is 5.11. The zero-order chi connectivity index (χ0) is 15.2. The van der Waals surface area contributed by atoms with Crippen LogP contribution in [-0.4, -0.2) is 37.0 Å². The molecule has 1 aromatic rings. The van der Waals surface area contributed by atoms with Gasteiger partial charge in [-0.3, -0.25) is 0 Å². The molecule has 0 spiro atoms. The van der Waals surface area contributed by atoms with Crippen molar-refractivity contribution in [1.29, 1.82) is 0 Å². The number of urea groups is 1. The predicted octanol–water partition coefficient (Wildman–Crippen LogP) is 2.67. The number of benzene rings is 1. The summed E-state index contributed by atoms with van der Waals surface area (Å²) in [6.45, 7) is 4.12. The van der Waals surface area contributed by atoms with Crippen LogP contribution in [0.15, 0.2) is 22.7 Å². The maximum absolute atomic E-state index is 12.0. The van der Waals surface area contributed by atoms with Crippen molar-refractivity contribution in [2.45, 2.75) is 25.8 Å². The first-order valence-electron chi connectivity index (χ1n) is 6.35. The van der Waals surface area contributed by atoms with Gasteiger partial charge in [0.05, 0.1) is 12.1 Å². The summed E-state index contributed by atoms with van der Waals surface area (Å²) in [4.78, 5) is 12.0. The molecule has 0 saturated carbocycles. The summed E-state index contributed by atoms with van der Waals surface area (Å²) in [5.41, 5.74) is 1.19. The van der Waals surface area contributed by atoms with Crippen LogP contribution in [0.4, 0.5) is 10.5 Å². The highest BCUT2D eigenvalue weighted by Crippen LogP contribution is 2.20. The fourth-order valence-corrected chi connectivity index (χ4v) is 2.22. The lowest BCUT2D eigenvalue weighted by molar-refractivity contribution is 0.104. The number of aryl methyl sites for hydroxylation is 1. The molecule has 0 bridgehead atoms. The normalized spacial score (nSPS) is 13.7. The van der Waals surface area contributed by atoms with Gasteiger partial charge in [0, 0.05) is 23.9 Å². The summed E-state index contributed by atoms with van der Waals surface area (Å²) in [7, 11) is 1.56. The molecule has 112 valence electrons. The zero-order valence-electron chi connectivity index (χ0n) is 12.0. The molecule has 1 rings (SSSR count). The number of rotatable bonds is 6. The second kappa shape index (κ2) is 7.61. The molecule has 0 aromatic heterocycles. The van der Waals surface area contributed by atoms with Crippen LogP contribution in [-0.2, 0) is 4.74 Å². The number of ether oxygens (including phenoxy) is 1. The largest absolute Gasteiger partial charge is 0.396 e. The monoisotopic (exact) mass is 344 g/mol. The smallest absolute Gasteiger partial charge is 0.319 e. The maximum atomic E-state index is 12.0. The molecule has 20 heavy (non-hydrogen) atoms. The predicted molar refractivity (Wildman–Crippen MR) is 83.0 cm³/mol. The Bertz CT molecular complexity index is 460. The molecule has 1 atom stereocenters. The van der Waals surface area contributed by atoms with Gasteiger partial charge in [-0.15, -0.1) is 0 Å². The Labute approximate surface area is 127 Å². The van der Waals surface area contributed by atoms with E-state index in [1.807, 2.05) is 32.0 Å². The van der Waals surface area contributed by atoms with Gasteiger partial charge in [0.1, 0.15) is 0 Å². The van der Waals surface area contributed by atoms with Gasteiger partial charge in [-0.25, -0.2) is 4.79 Å². The quantitative estimate of drug-likeness (QED) is 0.742. The van der Waals surface area contributed by atoms with Crippen LogP contribution >= 0.6 is 15.9 Å². The Morgan fingerprint density at radius 3 is 2.75 bits per heavy atom. The van der Waals surface area contributed by atoms with E-state index in [4.69, 9.17) is 9.84 Å². The Kier molecular flexibility index (Phi) is 6.45. The van der Waals surface area contributed by atoms with Crippen LogP contribution in [0.2, 0.25) is 0 Å². The Balaban J connectivity index is 2.67. The van der Waals surface area contributed by atoms with Crippen LogP contribution in [0.3, 0.4) is 0 Å². The molecular formula is C14H21BrN2O3. The minimum absolute atomic E-state index is 0.0176. The molecule has 0 radical (unpaired) electrons. The van der Waals surface area contributed by atoms with Crippen molar-refractivity contribution in [1.82, 2.24) is 5.32 Å². The first kappa shape index (κ1) is 16.9. The lowest BCUT2D eigenvalue weighted by Gasteiger charge is -2.29. The van der Waals surface area contributed by atoms with E-state index in [0.29, 0.717) is 18.7 Å². The number of amides is 2. The van der Waals surface area contributed by atoms with Gasteiger partial charge in [0.2, 0.25) is 0 Å². The summed E-state index contributed by atoms with van der Waals surface area (Å²) >= 11 is 3.42. The second-order valence-electron chi connectivity index (χ2n) is 5.01. The average molecular weight is 345 g/mol. The van der Waals surface area contributed by atoms with Crippen molar-refractivity contribution in [3.63, 3.8) is 0 Å². The van der Waals surface area contributed by atoms with Gasteiger partial charge in [0.15, 0.2) is 0 Å². The number of nitrogens with one attached hydrogen (secondary N) is 2. The van der Waals surface area contributed by atoms with Gasteiger partial charge in [0.25, 0.3) is 0 Å². The van der Waals surface area contributed by atoms with E-state index in [-0.39, 0.29) is 12.6 Å². The topological polar surface area (TPSA) is 70.6 Å². The molecule has 0 saturated heterocycles. The molecule has 0 heterocycles. The van der Waals surface area contributed by atoms with Crippen LogP contribution in [0.25, 0.3) is 0 Å². The summed E-state index contributed by atoms with van der Waals surface area (Å²) in [5, 5.41) is 14.7. The molecule has 3 N–H and O–H groups in total. The standard InChI is InChI=1S/C14H21BrN2O3/c1-10-4-5-11(8-12(10)15)16-13(19)17-14(2,6-7-18)9-20-3/h4-5,8,18H,6-7,9H2,1-3H3,(H2,16,17,19)/t14-/m1/s1. The molecular weight excluding hydrogens is 324 g/mol. The van der Waals surface area contributed by atoms with Crippen LogP contribution in [0, 0.1) is 6.92 Å². The van der Waals surface area contributed by atoms with Gasteiger partial charge < -0.3 is 20.5 Å². The highest BCUT2D eigenvalue weighted by Gasteiger charge is 2.25. The molecule has 0 aliphatic rings. The third-order valence-corrected chi connectivity index (χ3v) is 3.83. The maximum Gasteiger partial charge on any atom is 0.319 e. The number of carbonyl (C=O) groups excluding carboxylic acids is 1. The van der Waals surface area contributed by atoms with E-state index < -0.39 is 5.54 Å². The number of hydrogen-bond acceptors (Lipinski definition) is 3. The van der Waals surface area contributed by atoms with Crippen molar-refractivity contribution in [2.75, 3.05) is 25.6 Å². The highest BCUT2D eigenvalue weighted by atomic mass is 79.9. The SMILES string of the molecule is COC[C@@](C)(CCO)NC(=O)Nc1ccc(C)c(Br)c1. The molecule has 0 unspecified atom stereocenters. The van der Waals surface area contributed by atoms with Crippen molar-refractivity contribution in [3.05, 3.63) is 28.2 Å². The summed E-state index contributed by atoms with van der Waals surface area (Å²) in [6.07, 6.45) is 0.422. The summed E-state index contributed by atoms with van der Waals surface area (Å²) in [6, 6.07) is 5.27. The molecule has 0 fully saturated rings. The first-order chi connectivity index (χ1) is 9.40. The van der Waals surface area contributed by atoms with E-state index in [1.54, 1.807) is 7.11 Å². The summed E-state index contributed by atoms with van der Waals surface area (Å²) in [5.74, 6) is 0. The van der Waals surface area contributed by atoms with E-state index in [9.17, 15) is 4.79 Å². The summed E-state index contributed by atoms with van der Waals surface area (Å²) < 4.78 is 6.02. The van der Waals surface area contributed by atoms with E-state index in [1.165, 1.54) is 0 Å². The minimum Gasteiger partial charge on any atom is -0.396 e. The van der Waals surface area contributed by atoms with Crippen molar-refractivity contribution < 1.29 is 14.6 Å². The van der Waals surface area contributed by atoms with Crippen LogP contribution in [0.5, 0.6) is 0 Å². The van der Waals surface area contributed by atoms with Crippen molar-refractivity contribution in [2.24, 2.45) is 0 Å². The molecule has 0 aliphatic heterocycles. The Hall–Kier alpha value is -1.11. The average Bonchev–Trinajstić information content (AvgIpc) is 2.34. The first-order valence-corrected chi connectivity index (χ1v) is 7.14. The van der Waals surface area contributed by atoms with Gasteiger partial charge in [-0.05, 0) is 38.0 Å². The number of aliphatic hydroxyl groups excluding tert-OH is 1. The number of anilines is 1. The fraction of sp³-hybridized carbons (Fsp3) is 0.500. The lowest BCUT2D eigenvalue weighted by Crippen LogP contribution is -2.51. The van der Waals surface area contributed by atoms with Gasteiger partial charge in [-0.1, -0.05) is 22.0 Å². The van der Waals surface area contributed by atoms with E-state index in [2.05, 4.69) is 26.6 Å². The van der Waals surface area contributed by atoms with E-state index in [0.717, 1.165) is 10.0 Å². The number of carbonyl (C=O) groups is 1. The van der Waals surface area contributed by atoms with Crippen LogP contribution in [0.1, 0.15) is 18.9 Å². The number of halogens is 1. The third-order valence-electron chi connectivity index (χ3n) is 2.97. The Morgan fingerprint density at radius 2 is 2.20 bits per heavy atom. The molecule has 1 aromatic carbocycles. The molecule has 2 amide bonds. The van der Waals surface area contributed by atoms with Gasteiger partial charge in [-0.2, -0.15) is 0 Å². The number of hydrogen-bond donors (Lipinski definition) is 3. The molecule has 5 nitrogen and oxygen atoms in total. The van der Waals surface area contributed by atoms with Crippen molar-refractivity contribution in [3.8, 4) is 0 Å². The number of methoxy groups -OCH3 is 1. The zero-order valence-corrected chi connectivity index (χ0v) is 13.6. The van der Waals surface area contributed by atoms with Crippen LogP contribution < -0.4 is 10.6 Å². The highest BCUT2D eigenvalue weighted by molar-refractivity contribution is 9.10. The fourth-order valence-electron chi connectivity index (χ4n) is 1.84.